The Morgan fingerprint density at radius 1 is 1.00 bits per heavy atom. The molecule has 30 heavy (non-hydrogen) atoms. The third-order valence-electron chi connectivity index (χ3n) is 5.86. The lowest BCUT2D eigenvalue weighted by atomic mass is 9.79. The van der Waals surface area contributed by atoms with Crippen molar-refractivity contribution in [1.29, 1.82) is 0 Å². The smallest absolute Gasteiger partial charge is 0.248 e. The molecule has 0 radical (unpaired) electrons. The van der Waals surface area contributed by atoms with Gasteiger partial charge in [0.2, 0.25) is 5.56 Å². The maximum Gasteiger partial charge on any atom is 0.248 e. The Morgan fingerprint density at radius 2 is 1.67 bits per heavy atom. The van der Waals surface area contributed by atoms with Gasteiger partial charge in [0.15, 0.2) is 5.82 Å². The average Bonchev–Trinajstić information content (AvgIpc) is 2.65. The minimum absolute atomic E-state index is 0.0364. The molecule has 7 nitrogen and oxygen atoms in total. The van der Waals surface area contributed by atoms with Crippen molar-refractivity contribution < 1.29 is 5.11 Å². The van der Waals surface area contributed by atoms with Crippen molar-refractivity contribution in [3.8, 4) is 17.0 Å². The molecule has 1 aliphatic heterocycles. The average molecular weight is 408 g/mol. The molecular weight excluding hydrogens is 378 g/mol. The van der Waals surface area contributed by atoms with Crippen LogP contribution in [-0.2, 0) is 0 Å². The van der Waals surface area contributed by atoms with Crippen LogP contribution < -0.4 is 15.8 Å². The summed E-state index contributed by atoms with van der Waals surface area (Å²) in [6.45, 7) is 8.92. The summed E-state index contributed by atoms with van der Waals surface area (Å²) in [4.78, 5) is 16.8. The van der Waals surface area contributed by atoms with Gasteiger partial charge >= 0.3 is 0 Å². The maximum absolute atomic E-state index is 11.8. The quantitative estimate of drug-likeness (QED) is 0.616. The molecule has 3 heterocycles. The summed E-state index contributed by atoms with van der Waals surface area (Å²) < 4.78 is 0. The topological polar surface area (TPSA) is 94.1 Å². The number of aromatic amines is 1. The number of phenolic OH excluding ortho intramolecular Hbond substituents is 1. The zero-order valence-electron chi connectivity index (χ0n) is 18.2. The number of nitrogens with zero attached hydrogens (tertiary/aromatic N) is 3. The van der Waals surface area contributed by atoms with E-state index in [1.807, 2.05) is 12.1 Å². The van der Waals surface area contributed by atoms with E-state index in [4.69, 9.17) is 0 Å². The largest absolute Gasteiger partial charge is 0.507 e. The fraction of sp³-hybridized carbons (Fsp3) is 0.435. The molecule has 0 spiro atoms. The van der Waals surface area contributed by atoms with Gasteiger partial charge in [-0.3, -0.25) is 4.79 Å². The van der Waals surface area contributed by atoms with E-state index in [1.54, 1.807) is 18.2 Å². The molecule has 158 valence electrons. The lowest BCUT2D eigenvalue weighted by Gasteiger charge is -2.49. The van der Waals surface area contributed by atoms with Gasteiger partial charge in [0.1, 0.15) is 5.75 Å². The van der Waals surface area contributed by atoms with Gasteiger partial charge in [-0.2, -0.15) is 0 Å². The first-order valence-corrected chi connectivity index (χ1v) is 10.3. The summed E-state index contributed by atoms with van der Waals surface area (Å²) >= 11 is 0. The van der Waals surface area contributed by atoms with E-state index in [0.717, 1.165) is 24.0 Å². The molecule has 1 aliphatic rings. The van der Waals surface area contributed by atoms with Crippen LogP contribution in [0.3, 0.4) is 0 Å². The molecule has 0 amide bonds. The number of anilines is 1. The third kappa shape index (κ3) is 3.89. The Kier molecular flexibility index (Phi) is 4.81. The number of hydrogen-bond donors (Lipinski definition) is 3. The maximum atomic E-state index is 11.8. The Balaban J connectivity index is 1.67. The van der Waals surface area contributed by atoms with E-state index in [9.17, 15) is 9.90 Å². The summed E-state index contributed by atoms with van der Waals surface area (Å²) in [6.07, 6.45) is 2.00. The number of phenols is 1. The molecule has 7 heteroatoms. The molecule has 2 aromatic heterocycles. The summed E-state index contributed by atoms with van der Waals surface area (Å²) in [6, 6.07) is 10.7. The summed E-state index contributed by atoms with van der Waals surface area (Å²) in [5.74, 6) is 0.840. The predicted molar refractivity (Wildman–Crippen MR) is 120 cm³/mol. The number of piperidine rings is 1. The fourth-order valence-electron chi connectivity index (χ4n) is 4.85. The molecule has 0 saturated carbocycles. The highest BCUT2D eigenvalue weighted by atomic mass is 16.3. The van der Waals surface area contributed by atoms with Gasteiger partial charge in [-0.25, -0.2) is 0 Å². The molecule has 0 unspecified atom stereocenters. The van der Waals surface area contributed by atoms with Crippen LogP contribution >= 0.6 is 0 Å². The second-order valence-electron chi connectivity index (χ2n) is 9.59. The molecule has 4 rings (SSSR count). The number of aromatic hydroxyl groups is 1. The van der Waals surface area contributed by atoms with Crippen molar-refractivity contribution in [3.63, 3.8) is 0 Å². The van der Waals surface area contributed by atoms with E-state index in [1.165, 1.54) is 6.07 Å². The first-order chi connectivity index (χ1) is 14.0. The SMILES string of the molecule is CN(c1ccc(-c2c(O)ccc3ccc(=O)[nH]c23)nn1)C1CC(C)(C)NC(C)(C)C1. The molecular formula is C23H29N5O2. The number of hydrogen-bond acceptors (Lipinski definition) is 6. The van der Waals surface area contributed by atoms with Crippen LogP contribution in [0, 0.1) is 0 Å². The Hall–Kier alpha value is -2.93. The number of fused-ring (bicyclic) bond motifs is 1. The van der Waals surface area contributed by atoms with Gasteiger partial charge in [-0.05, 0) is 76.3 Å². The number of benzene rings is 1. The van der Waals surface area contributed by atoms with Crippen LogP contribution in [0.15, 0.2) is 41.2 Å². The lowest BCUT2D eigenvalue weighted by molar-refractivity contribution is 0.160. The summed E-state index contributed by atoms with van der Waals surface area (Å²) in [5.41, 5.74) is 1.40. The van der Waals surface area contributed by atoms with E-state index in [2.05, 4.69) is 60.1 Å². The first-order valence-electron chi connectivity index (χ1n) is 10.3. The lowest BCUT2D eigenvalue weighted by Crippen LogP contribution is -2.62. The molecule has 0 aliphatic carbocycles. The molecule has 3 N–H and O–H groups in total. The minimum atomic E-state index is -0.227. The molecule has 0 bridgehead atoms. The second kappa shape index (κ2) is 7.09. The Bertz CT molecular complexity index is 1120. The van der Waals surface area contributed by atoms with Gasteiger partial charge < -0.3 is 20.3 Å². The Morgan fingerprint density at radius 3 is 2.30 bits per heavy atom. The van der Waals surface area contributed by atoms with Crippen molar-refractivity contribution in [1.82, 2.24) is 20.5 Å². The fourth-order valence-corrected chi connectivity index (χ4v) is 4.85. The van der Waals surface area contributed by atoms with Crippen LogP contribution in [-0.4, -0.2) is 44.5 Å². The highest BCUT2D eigenvalue weighted by molar-refractivity contribution is 5.95. The predicted octanol–water partition coefficient (Wildman–Crippen LogP) is 3.44. The van der Waals surface area contributed by atoms with Crippen molar-refractivity contribution >= 4 is 16.7 Å². The van der Waals surface area contributed by atoms with Crippen LogP contribution in [0.5, 0.6) is 5.75 Å². The monoisotopic (exact) mass is 407 g/mol. The number of H-pyrrole nitrogens is 1. The first kappa shape index (κ1) is 20.3. The second-order valence-corrected chi connectivity index (χ2v) is 9.59. The summed E-state index contributed by atoms with van der Waals surface area (Å²) in [7, 11) is 2.05. The molecule has 3 aromatic rings. The van der Waals surface area contributed by atoms with E-state index >= 15 is 0 Å². The van der Waals surface area contributed by atoms with Crippen molar-refractivity contribution in [2.75, 3.05) is 11.9 Å². The van der Waals surface area contributed by atoms with Crippen LogP contribution in [0.25, 0.3) is 22.2 Å². The van der Waals surface area contributed by atoms with Crippen molar-refractivity contribution in [3.05, 3.63) is 46.8 Å². The molecule has 1 fully saturated rings. The standard InChI is InChI=1S/C23H29N5O2/c1-22(2)12-15(13-23(3,4)27-22)28(5)18-10-8-16(25-26-18)20-17(29)9-6-14-7-11-19(30)24-21(14)20/h6-11,15,27,29H,12-13H2,1-5H3,(H,24,30). The van der Waals surface area contributed by atoms with Crippen LogP contribution in [0.2, 0.25) is 0 Å². The van der Waals surface area contributed by atoms with Crippen LogP contribution in [0.1, 0.15) is 40.5 Å². The normalized spacial score (nSPS) is 18.4. The van der Waals surface area contributed by atoms with Gasteiger partial charge in [-0.1, -0.05) is 0 Å². The number of rotatable bonds is 3. The van der Waals surface area contributed by atoms with E-state index in [-0.39, 0.29) is 22.4 Å². The van der Waals surface area contributed by atoms with Gasteiger partial charge in [0, 0.05) is 30.2 Å². The number of nitrogens with one attached hydrogen (secondary N) is 2. The van der Waals surface area contributed by atoms with Crippen molar-refractivity contribution in [2.24, 2.45) is 0 Å². The minimum Gasteiger partial charge on any atom is -0.507 e. The summed E-state index contributed by atoms with van der Waals surface area (Å²) in [5, 5.41) is 23.8. The number of aromatic nitrogens is 3. The van der Waals surface area contributed by atoms with Gasteiger partial charge in [0.25, 0.3) is 0 Å². The highest BCUT2D eigenvalue weighted by Gasteiger charge is 2.39. The zero-order chi connectivity index (χ0) is 21.7. The highest BCUT2D eigenvalue weighted by Crippen LogP contribution is 2.35. The van der Waals surface area contributed by atoms with E-state index in [0.29, 0.717) is 22.8 Å². The zero-order valence-corrected chi connectivity index (χ0v) is 18.2. The van der Waals surface area contributed by atoms with Crippen molar-refractivity contribution in [2.45, 2.75) is 57.7 Å². The van der Waals surface area contributed by atoms with Crippen LogP contribution in [0.4, 0.5) is 5.82 Å². The Labute approximate surface area is 176 Å². The third-order valence-corrected chi connectivity index (χ3v) is 5.86. The van der Waals surface area contributed by atoms with Gasteiger partial charge in [-0.15, -0.1) is 10.2 Å². The molecule has 1 aromatic carbocycles. The van der Waals surface area contributed by atoms with E-state index < -0.39 is 0 Å². The molecule has 0 atom stereocenters. The van der Waals surface area contributed by atoms with Gasteiger partial charge in [0.05, 0.1) is 16.8 Å². The number of pyridine rings is 1. The molecule has 1 saturated heterocycles.